The van der Waals surface area contributed by atoms with Crippen molar-refractivity contribution in [2.75, 3.05) is 7.11 Å². The molecular formula is C15H23ClN2O3. The first-order chi connectivity index (χ1) is 9.45. The van der Waals surface area contributed by atoms with Crippen LogP contribution in [0, 0.1) is 5.92 Å². The number of nitrogens with one attached hydrogen (secondary N) is 1. The van der Waals surface area contributed by atoms with Crippen LogP contribution in [0.1, 0.15) is 19.4 Å². The molecule has 118 valence electrons. The van der Waals surface area contributed by atoms with Crippen LogP contribution in [0.5, 0.6) is 0 Å². The molecule has 0 unspecified atom stereocenters. The van der Waals surface area contributed by atoms with E-state index in [0.29, 0.717) is 6.42 Å². The van der Waals surface area contributed by atoms with Crippen molar-refractivity contribution in [3.05, 3.63) is 35.9 Å². The van der Waals surface area contributed by atoms with E-state index in [1.54, 1.807) is 0 Å². The average molecular weight is 315 g/mol. The van der Waals surface area contributed by atoms with Gasteiger partial charge in [-0.1, -0.05) is 44.2 Å². The van der Waals surface area contributed by atoms with Gasteiger partial charge in [0, 0.05) is 6.42 Å². The van der Waals surface area contributed by atoms with Crippen LogP contribution in [0.2, 0.25) is 0 Å². The Morgan fingerprint density at radius 1 is 1.24 bits per heavy atom. The van der Waals surface area contributed by atoms with Crippen LogP contribution in [0.3, 0.4) is 0 Å². The van der Waals surface area contributed by atoms with Crippen LogP contribution in [0.15, 0.2) is 30.3 Å². The number of ether oxygens (including phenoxy) is 1. The van der Waals surface area contributed by atoms with Crippen molar-refractivity contribution in [1.29, 1.82) is 0 Å². The molecule has 0 aromatic heterocycles. The lowest BCUT2D eigenvalue weighted by atomic mass is 10.0. The van der Waals surface area contributed by atoms with E-state index in [2.05, 4.69) is 5.32 Å². The van der Waals surface area contributed by atoms with Crippen molar-refractivity contribution in [1.82, 2.24) is 5.32 Å². The Labute approximate surface area is 131 Å². The number of nitrogens with two attached hydrogens (primary N) is 1. The third-order valence-electron chi connectivity index (χ3n) is 3.11. The van der Waals surface area contributed by atoms with Gasteiger partial charge in [-0.25, -0.2) is 4.79 Å². The van der Waals surface area contributed by atoms with Crippen molar-refractivity contribution < 1.29 is 14.3 Å². The Bertz CT molecular complexity index is 451. The molecule has 1 rings (SSSR count). The van der Waals surface area contributed by atoms with E-state index in [4.69, 9.17) is 10.5 Å². The molecule has 0 aliphatic carbocycles. The van der Waals surface area contributed by atoms with E-state index in [9.17, 15) is 9.59 Å². The number of amides is 1. The summed E-state index contributed by atoms with van der Waals surface area (Å²) >= 11 is 0. The molecule has 0 fully saturated rings. The van der Waals surface area contributed by atoms with E-state index >= 15 is 0 Å². The van der Waals surface area contributed by atoms with Crippen molar-refractivity contribution >= 4 is 24.3 Å². The maximum Gasteiger partial charge on any atom is 0.328 e. The van der Waals surface area contributed by atoms with Crippen LogP contribution in [0.4, 0.5) is 0 Å². The Balaban J connectivity index is 0.00000400. The van der Waals surface area contributed by atoms with Gasteiger partial charge in [0.15, 0.2) is 0 Å². The molecule has 0 bridgehead atoms. The first kappa shape index (κ1) is 19.4. The van der Waals surface area contributed by atoms with Crippen LogP contribution < -0.4 is 11.1 Å². The molecular weight excluding hydrogens is 292 g/mol. The standard InChI is InChI=1S/C15H22N2O3.ClH/c1-10(2)13(16)14(18)17-12(15(19)20-3)9-11-7-5-4-6-8-11;/h4-8,10,12-13H,9,16H2,1-3H3,(H,17,18);1H/t12-,13-;/m0./s1. The number of methoxy groups -OCH3 is 1. The molecule has 0 aliphatic heterocycles. The molecule has 1 aromatic carbocycles. The lowest BCUT2D eigenvalue weighted by molar-refractivity contribution is -0.145. The number of halogens is 1. The Morgan fingerprint density at radius 3 is 2.29 bits per heavy atom. The number of esters is 1. The minimum absolute atomic E-state index is 0. The highest BCUT2D eigenvalue weighted by Gasteiger charge is 2.25. The Morgan fingerprint density at radius 2 is 1.81 bits per heavy atom. The second-order valence-corrected chi connectivity index (χ2v) is 5.04. The normalized spacial score (nSPS) is 13.0. The molecule has 21 heavy (non-hydrogen) atoms. The van der Waals surface area contributed by atoms with E-state index in [-0.39, 0.29) is 24.2 Å². The zero-order chi connectivity index (χ0) is 15.1. The predicted octanol–water partition coefficient (Wildman–Crippen LogP) is 1.29. The summed E-state index contributed by atoms with van der Waals surface area (Å²) in [6.45, 7) is 3.71. The molecule has 3 N–H and O–H groups in total. The molecule has 2 atom stereocenters. The highest BCUT2D eigenvalue weighted by atomic mass is 35.5. The number of hydrogen-bond acceptors (Lipinski definition) is 4. The lowest BCUT2D eigenvalue weighted by Gasteiger charge is -2.21. The molecule has 5 nitrogen and oxygen atoms in total. The molecule has 0 aliphatic rings. The van der Waals surface area contributed by atoms with Crippen LogP contribution in [-0.4, -0.2) is 31.1 Å². The zero-order valence-electron chi connectivity index (χ0n) is 12.5. The van der Waals surface area contributed by atoms with E-state index < -0.39 is 18.1 Å². The summed E-state index contributed by atoms with van der Waals surface area (Å²) < 4.78 is 4.73. The second-order valence-electron chi connectivity index (χ2n) is 5.04. The minimum atomic E-state index is -0.723. The van der Waals surface area contributed by atoms with Crippen LogP contribution >= 0.6 is 12.4 Å². The van der Waals surface area contributed by atoms with Gasteiger partial charge < -0.3 is 15.8 Å². The van der Waals surface area contributed by atoms with Gasteiger partial charge in [0.1, 0.15) is 6.04 Å². The fourth-order valence-corrected chi connectivity index (χ4v) is 1.76. The van der Waals surface area contributed by atoms with Gasteiger partial charge in [-0.15, -0.1) is 12.4 Å². The number of rotatable bonds is 6. The fraction of sp³-hybridized carbons (Fsp3) is 0.467. The number of benzene rings is 1. The summed E-state index contributed by atoms with van der Waals surface area (Å²) in [6.07, 6.45) is 0.379. The number of carbonyl (C=O) groups is 2. The van der Waals surface area contributed by atoms with Gasteiger partial charge in [-0.2, -0.15) is 0 Å². The maximum atomic E-state index is 12.0. The maximum absolute atomic E-state index is 12.0. The first-order valence-corrected chi connectivity index (χ1v) is 6.63. The van der Waals surface area contributed by atoms with E-state index in [1.165, 1.54) is 7.11 Å². The third kappa shape index (κ3) is 6.14. The topological polar surface area (TPSA) is 81.4 Å². The summed E-state index contributed by atoms with van der Waals surface area (Å²) in [5.74, 6) is -0.811. The summed E-state index contributed by atoms with van der Waals surface area (Å²) in [5.41, 5.74) is 6.72. The summed E-state index contributed by atoms with van der Waals surface area (Å²) in [7, 11) is 1.30. The molecule has 0 heterocycles. The van der Waals surface area contributed by atoms with Crippen molar-refractivity contribution in [3.8, 4) is 0 Å². The van der Waals surface area contributed by atoms with Gasteiger partial charge in [0.05, 0.1) is 13.2 Å². The molecule has 1 amide bonds. The van der Waals surface area contributed by atoms with Gasteiger partial charge in [-0.3, -0.25) is 4.79 Å². The minimum Gasteiger partial charge on any atom is -0.467 e. The molecule has 0 spiro atoms. The SMILES string of the molecule is COC(=O)[C@H](Cc1ccccc1)NC(=O)[C@@H](N)C(C)C.Cl. The van der Waals surface area contributed by atoms with Crippen molar-refractivity contribution in [2.45, 2.75) is 32.4 Å². The summed E-state index contributed by atoms with van der Waals surface area (Å²) in [6, 6.07) is 8.08. The Hall–Kier alpha value is -1.59. The largest absolute Gasteiger partial charge is 0.467 e. The van der Waals surface area contributed by atoms with Crippen LogP contribution in [0.25, 0.3) is 0 Å². The third-order valence-corrected chi connectivity index (χ3v) is 3.11. The number of hydrogen-bond donors (Lipinski definition) is 2. The van der Waals surface area contributed by atoms with Gasteiger partial charge in [0.2, 0.25) is 5.91 Å². The van der Waals surface area contributed by atoms with E-state index in [0.717, 1.165) is 5.56 Å². The summed E-state index contributed by atoms with van der Waals surface area (Å²) in [4.78, 5) is 23.7. The number of carbonyl (C=O) groups excluding carboxylic acids is 2. The predicted molar refractivity (Wildman–Crippen MR) is 84.2 cm³/mol. The van der Waals surface area contributed by atoms with E-state index in [1.807, 2.05) is 44.2 Å². The quantitative estimate of drug-likeness (QED) is 0.775. The Kier molecular flexibility index (Phi) is 8.66. The zero-order valence-corrected chi connectivity index (χ0v) is 13.4. The van der Waals surface area contributed by atoms with Crippen molar-refractivity contribution in [3.63, 3.8) is 0 Å². The molecule has 0 saturated carbocycles. The highest BCUT2D eigenvalue weighted by Crippen LogP contribution is 2.06. The van der Waals surface area contributed by atoms with Gasteiger partial charge in [0.25, 0.3) is 0 Å². The monoisotopic (exact) mass is 314 g/mol. The second kappa shape index (κ2) is 9.37. The highest BCUT2D eigenvalue weighted by molar-refractivity contribution is 5.87. The molecule has 0 saturated heterocycles. The first-order valence-electron chi connectivity index (χ1n) is 6.63. The average Bonchev–Trinajstić information content (AvgIpc) is 2.45. The summed E-state index contributed by atoms with van der Waals surface area (Å²) in [5, 5.41) is 2.66. The molecule has 6 heteroatoms. The lowest BCUT2D eigenvalue weighted by Crippen LogP contribution is -2.51. The molecule has 1 aromatic rings. The van der Waals surface area contributed by atoms with Gasteiger partial charge in [-0.05, 0) is 11.5 Å². The fourth-order valence-electron chi connectivity index (χ4n) is 1.76. The van der Waals surface area contributed by atoms with Crippen molar-refractivity contribution in [2.24, 2.45) is 11.7 Å². The van der Waals surface area contributed by atoms with Gasteiger partial charge >= 0.3 is 5.97 Å². The molecule has 0 radical (unpaired) electrons. The smallest absolute Gasteiger partial charge is 0.328 e. The van der Waals surface area contributed by atoms with Crippen LogP contribution in [-0.2, 0) is 20.7 Å².